The van der Waals surface area contributed by atoms with Crippen molar-refractivity contribution in [1.29, 1.82) is 0 Å². The molecule has 0 aromatic heterocycles. The van der Waals surface area contributed by atoms with Crippen LogP contribution < -0.4 is 0 Å². The number of hydrogen-bond donors (Lipinski definition) is 0. The molecular formula is C15H27NO5. The fourth-order valence-electron chi connectivity index (χ4n) is 1.20. The molecule has 6 heteroatoms. The van der Waals surface area contributed by atoms with E-state index in [1.165, 1.54) is 4.90 Å². The van der Waals surface area contributed by atoms with E-state index in [0.717, 1.165) is 0 Å². The minimum absolute atomic E-state index is 0.302. The number of rotatable bonds is 10. The Labute approximate surface area is 127 Å². The summed E-state index contributed by atoms with van der Waals surface area (Å²) in [6, 6.07) is 0. The fraction of sp³-hybridized carbons (Fsp3) is 0.800. The summed E-state index contributed by atoms with van der Waals surface area (Å²) < 4.78 is 20.9. The lowest BCUT2D eigenvalue weighted by atomic mass is 10.2. The standard InChI is InChI=1S/C15H27NO5/c1-6-8-18-10-12-20-13-11-19-9-7-16(5)14(17)21-15(2,3)4/h1H,7-13H2,2-5H3. The zero-order valence-electron chi connectivity index (χ0n) is 13.5. The van der Waals surface area contributed by atoms with Crippen LogP contribution in [0.5, 0.6) is 0 Å². The highest BCUT2D eigenvalue weighted by atomic mass is 16.6. The number of nitrogens with zero attached hydrogens (tertiary/aromatic N) is 1. The van der Waals surface area contributed by atoms with Crippen molar-refractivity contribution in [3.63, 3.8) is 0 Å². The van der Waals surface area contributed by atoms with Gasteiger partial charge in [-0.3, -0.25) is 0 Å². The monoisotopic (exact) mass is 301 g/mol. The van der Waals surface area contributed by atoms with Crippen LogP contribution in [0.25, 0.3) is 0 Å². The number of terminal acetylenes is 1. The lowest BCUT2D eigenvalue weighted by Crippen LogP contribution is -2.36. The molecule has 0 aliphatic carbocycles. The Morgan fingerprint density at radius 3 is 2.10 bits per heavy atom. The first kappa shape index (κ1) is 19.7. The van der Waals surface area contributed by atoms with Crippen molar-refractivity contribution < 1.29 is 23.7 Å². The van der Waals surface area contributed by atoms with Crippen LogP contribution in [0.15, 0.2) is 0 Å². The quantitative estimate of drug-likeness (QED) is 0.452. The van der Waals surface area contributed by atoms with Crippen LogP contribution in [0.2, 0.25) is 0 Å². The van der Waals surface area contributed by atoms with Crippen molar-refractivity contribution >= 4 is 6.09 Å². The number of amides is 1. The van der Waals surface area contributed by atoms with Crippen LogP contribution in [-0.2, 0) is 18.9 Å². The molecule has 0 spiro atoms. The molecule has 0 radical (unpaired) electrons. The number of hydrogen-bond acceptors (Lipinski definition) is 5. The van der Waals surface area contributed by atoms with Crippen LogP contribution in [-0.4, -0.2) is 69.8 Å². The fourth-order valence-corrected chi connectivity index (χ4v) is 1.20. The van der Waals surface area contributed by atoms with Gasteiger partial charge >= 0.3 is 6.09 Å². The summed E-state index contributed by atoms with van der Waals surface area (Å²) in [4.78, 5) is 13.1. The van der Waals surface area contributed by atoms with Crippen molar-refractivity contribution in [3.8, 4) is 12.3 Å². The first-order valence-corrected chi connectivity index (χ1v) is 6.97. The van der Waals surface area contributed by atoms with E-state index in [0.29, 0.717) is 46.2 Å². The van der Waals surface area contributed by atoms with Gasteiger partial charge in [-0.05, 0) is 20.8 Å². The molecule has 0 aliphatic rings. The van der Waals surface area contributed by atoms with Crippen LogP contribution >= 0.6 is 0 Å². The first-order chi connectivity index (χ1) is 9.87. The highest BCUT2D eigenvalue weighted by Gasteiger charge is 2.19. The van der Waals surface area contributed by atoms with Gasteiger partial charge in [-0.1, -0.05) is 5.92 Å². The molecule has 0 bridgehead atoms. The summed E-state index contributed by atoms with van der Waals surface area (Å²) in [5, 5.41) is 0. The molecular weight excluding hydrogens is 274 g/mol. The topological polar surface area (TPSA) is 57.2 Å². The third-order valence-electron chi connectivity index (χ3n) is 2.21. The van der Waals surface area contributed by atoms with Gasteiger partial charge in [0.1, 0.15) is 12.2 Å². The molecule has 0 saturated carbocycles. The number of carbonyl (C=O) groups excluding carboxylic acids is 1. The Morgan fingerprint density at radius 2 is 1.57 bits per heavy atom. The van der Waals surface area contributed by atoms with Gasteiger partial charge in [-0.25, -0.2) is 4.79 Å². The molecule has 0 heterocycles. The maximum Gasteiger partial charge on any atom is 0.410 e. The molecule has 0 aliphatic heterocycles. The summed E-state index contributed by atoms with van der Waals surface area (Å²) in [5.74, 6) is 2.38. The Balaban J connectivity index is 3.42. The Kier molecular flexibility index (Phi) is 10.7. The number of ether oxygens (including phenoxy) is 4. The minimum Gasteiger partial charge on any atom is -0.444 e. The molecule has 6 nitrogen and oxygen atoms in total. The molecule has 0 aromatic carbocycles. The third kappa shape index (κ3) is 13.4. The van der Waals surface area contributed by atoms with Crippen LogP contribution in [0.3, 0.4) is 0 Å². The van der Waals surface area contributed by atoms with Crippen molar-refractivity contribution in [2.75, 3.05) is 53.2 Å². The lowest BCUT2D eigenvalue weighted by molar-refractivity contribution is 0.00768. The van der Waals surface area contributed by atoms with Crippen molar-refractivity contribution in [3.05, 3.63) is 0 Å². The van der Waals surface area contributed by atoms with E-state index in [1.54, 1.807) is 7.05 Å². The predicted octanol–water partition coefficient (Wildman–Crippen LogP) is 1.54. The molecule has 21 heavy (non-hydrogen) atoms. The lowest BCUT2D eigenvalue weighted by Gasteiger charge is -2.24. The van der Waals surface area contributed by atoms with Gasteiger partial charge in [0.05, 0.1) is 33.0 Å². The molecule has 0 fully saturated rings. The molecule has 0 unspecified atom stereocenters. The summed E-state index contributed by atoms with van der Waals surface area (Å²) in [6.45, 7) is 8.63. The zero-order chi connectivity index (χ0) is 16.1. The average molecular weight is 301 g/mol. The van der Waals surface area contributed by atoms with Gasteiger partial charge in [0, 0.05) is 13.6 Å². The maximum absolute atomic E-state index is 11.6. The van der Waals surface area contributed by atoms with E-state index in [-0.39, 0.29) is 6.09 Å². The summed E-state index contributed by atoms with van der Waals surface area (Å²) in [6.07, 6.45) is 4.68. The maximum atomic E-state index is 11.6. The summed E-state index contributed by atoms with van der Waals surface area (Å²) in [5.41, 5.74) is -0.485. The summed E-state index contributed by atoms with van der Waals surface area (Å²) in [7, 11) is 1.68. The summed E-state index contributed by atoms with van der Waals surface area (Å²) >= 11 is 0. The molecule has 0 atom stereocenters. The van der Waals surface area contributed by atoms with Gasteiger partial charge < -0.3 is 23.8 Å². The number of carbonyl (C=O) groups is 1. The SMILES string of the molecule is C#CCOCCOCCOCCN(C)C(=O)OC(C)(C)C. The smallest absolute Gasteiger partial charge is 0.410 e. The third-order valence-corrected chi connectivity index (χ3v) is 2.21. The number of likely N-dealkylation sites (N-methyl/N-ethyl adjacent to an activating group) is 1. The van der Waals surface area contributed by atoms with Gasteiger partial charge in [0.25, 0.3) is 0 Å². The van der Waals surface area contributed by atoms with E-state index in [9.17, 15) is 4.79 Å². The molecule has 0 saturated heterocycles. The van der Waals surface area contributed by atoms with Gasteiger partial charge in [0.15, 0.2) is 0 Å². The van der Waals surface area contributed by atoms with Gasteiger partial charge in [-0.15, -0.1) is 6.42 Å². The first-order valence-electron chi connectivity index (χ1n) is 6.97. The van der Waals surface area contributed by atoms with E-state index in [1.807, 2.05) is 20.8 Å². The predicted molar refractivity (Wildman–Crippen MR) is 80.2 cm³/mol. The van der Waals surface area contributed by atoms with E-state index >= 15 is 0 Å². The van der Waals surface area contributed by atoms with E-state index < -0.39 is 5.60 Å². The second kappa shape index (κ2) is 11.4. The zero-order valence-corrected chi connectivity index (χ0v) is 13.5. The van der Waals surface area contributed by atoms with E-state index in [4.69, 9.17) is 25.4 Å². The molecule has 122 valence electrons. The largest absolute Gasteiger partial charge is 0.444 e. The van der Waals surface area contributed by atoms with Crippen molar-refractivity contribution in [2.45, 2.75) is 26.4 Å². The van der Waals surface area contributed by atoms with E-state index in [2.05, 4.69) is 5.92 Å². The molecule has 0 rings (SSSR count). The highest BCUT2D eigenvalue weighted by Crippen LogP contribution is 2.08. The van der Waals surface area contributed by atoms with Gasteiger partial charge in [-0.2, -0.15) is 0 Å². The highest BCUT2D eigenvalue weighted by molar-refractivity contribution is 5.67. The van der Waals surface area contributed by atoms with Gasteiger partial charge in [0.2, 0.25) is 0 Å². The second-order valence-corrected chi connectivity index (χ2v) is 5.38. The van der Waals surface area contributed by atoms with Crippen molar-refractivity contribution in [1.82, 2.24) is 4.90 Å². The Bertz CT molecular complexity index is 319. The second-order valence-electron chi connectivity index (χ2n) is 5.38. The van der Waals surface area contributed by atoms with Crippen LogP contribution in [0.1, 0.15) is 20.8 Å². The Morgan fingerprint density at radius 1 is 1.05 bits per heavy atom. The molecule has 0 N–H and O–H groups in total. The average Bonchev–Trinajstić information content (AvgIpc) is 2.38. The van der Waals surface area contributed by atoms with Crippen molar-refractivity contribution in [2.24, 2.45) is 0 Å². The van der Waals surface area contributed by atoms with Crippen LogP contribution in [0, 0.1) is 12.3 Å². The minimum atomic E-state index is -0.485. The van der Waals surface area contributed by atoms with Crippen LogP contribution in [0.4, 0.5) is 4.79 Å². The normalized spacial score (nSPS) is 11.0. The molecule has 1 amide bonds. The molecule has 0 aromatic rings. The Hall–Kier alpha value is -1.29.